The van der Waals surface area contributed by atoms with Crippen LogP contribution in [0.25, 0.3) is 17.2 Å². The second-order valence-electron chi connectivity index (χ2n) is 9.01. The highest BCUT2D eigenvalue weighted by atomic mass is 29.3. The third kappa shape index (κ3) is 2.06. The number of nitrogens with two attached hydrogens (primary N) is 1. The number of hydrogen-bond donors (Lipinski definition) is 1. The lowest BCUT2D eigenvalue weighted by Crippen LogP contribution is -2.85. The average Bonchev–Trinajstić information content (AvgIpc) is 2.94. The van der Waals surface area contributed by atoms with E-state index in [0.717, 1.165) is 12.0 Å². The van der Waals surface area contributed by atoms with E-state index in [0.29, 0.717) is 5.56 Å². The van der Waals surface area contributed by atoms with Crippen LogP contribution in [0, 0.1) is 6.92 Å². The van der Waals surface area contributed by atoms with Gasteiger partial charge in [-0.15, -0.1) is 0 Å². The lowest BCUT2D eigenvalue weighted by Gasteiger charge is -2.53. The second kappa shape index (κ2) is 5.30. The fourth-order valence-corrected chi connectivity index (χ4v) is 15.4. The molecule has 1 heterocycles. The van der Waals surface area contributed by atoms with E-state index in [2.05, 4.69) is 70.4 Å². The predicted molar refractivity (Wildman–Crippen MR) is 117 cm³/mol. The molecule has 0 spiro atoms. The molecule has 2 aromatic rings. The van der Waals surface area contributed by atoms with Crippen LogP contribution in [-0.2, 0) is 6.42 Å². The number of hydrogen-bond acceptors (Lipinski definition) is 1. The maximum absolute atomic E-state index is 12.2. The SMILES string of the molecule is CC1=Cc2c(cccc2-c2c(C)c(C(N)=O)cc3c2[Si](C)(C)[Si]3(C)C)C1. The molecule has 134 valence electrons. The Kier molecular flexibility index (Phi) is 3.57. The van der Waals surface area contributed by atoms with Gasteiger partial charge in [-0.25, -0.2) is 0 Å². The van der Waals surface area contributed by atoms with Gasteiger partial charge in [0.05, 0.1) is 15.2 Å². The number of rotatable bonds is 2. The van der Waals surface area contributed by atoms with Crippen LogP contribution in [0.4, 0.5) is 0 Å². The summed E-state index contributed by atoms with van der Waals surface area (Å²) in [6.07, 6.45) is 3.35. The Morgan fingerprint density at radius 2 is 1.77 bits per heavy atom. The Balaban J connectivity index is 2.12. The molecule has 0 saturated heterocycles. The van der Waals surface area contributed by atoms with E-state index in [9.17, 15) is 4.79 Å². The van der Waals surface area contributed by atoms with Gasteiger partial charge >= 0.3 is 0 Å². The molecule has 0 saturated carbocycles. The normalized spacial score (nSPS) is 18.6. The van der Waals surface area contributed by atoms with Crippen LogP contribution in [0.15, 0.2) is 29.8 Å². The molecule has 1 aliphatic carbocycles. The monoisotopic (exact) mass is 377 g/mol. The van der Waals surface area contributed by atoms with Gasteiger partial charge in [-0.05, 0) is 48.1 Å². The average molecular weight is 378 g/mol. The lowest BCUT2D eigenvalue weighted by molar-refractivity contribution is 0.1000. The van der Waals surface area contributed by atoms with E-state index in [4.69, 9.17) is 5.73 Å². The van der Waals surface area contributed by atoms with Crippen molar-refractivity contribution in [3.8, 4) is 11.1 Å². The van der Waals surface area contributed by atoms with Crippen LogP contribution in [0.5, 0.6) is 0 Å². The van der Waals surface area contributed by atoms with Crippen molar-refractivity contribution in [2.75, 3.05) is 0 Å². The molecule has 0 bridgehead atoms. The van der Waals surface area contributed by atoms with Gasteiger partial charge in [-0.2, -0.15) is 0 Å². The summed E-state index contributed by atoms with van der Waals surface area (Å²) in [5.41, 5.74) is 14.3. The van der Waals surface area contributed by atoms with Gasteiger partial charge in [-0.1, -0.05) is 72.5 Å². The minimum Gasteiger partial charge on any atom is -0.366 e. The molecule has 0 fully saturated rings. The molecule has 26 heavy (non-hydrogen) atoms. The maximum Gasteiger partial charge on any atom is 0.248 e. The first-order chi connectivity index (χ1) is 12.1. The zero-order chi connectivity index (χ0) is 19.0. The molecule has 2 N–H and O–H groups in total. The molecule has 2 nitrogen and oxygen atoms in total. The van der Waals surface area contributed by atoms with Crippen molar-refractivity contribution in [3.63, 3.8) is 0 Å². The Morgan fingerprint density at radius 1 is 1.08 bits per heavy atom. The number of primary amides is 1. The van der Waals surface area contributed by atoms with Crippen molar-refractivity contribution in [1.29, 1.82) is 0 Å². The first kappa shape index (κ1) is 17.5. The van der Waals surface area contributed by atoms with Crippen molar-refractivity contribution in [2.24, 2.45) is 5.73 Å². The topological polar surface area (TPSA) is 43.1 Å². The van der Waals surface area contributed by atoms with E-state index in [1.54, 1.807) is 5.19 Å². The summed E-state index contributed by atoms with van der Waals surface area (Å²) in [7, 11) is -2.99. The summed E-state index contributed by atoms with van der Waals surface area (Å²) in [4.78, 5) is 12.2. The van der Waals surface area contributed by atoms with E-state index in [-0.39, 0.29) is 5.91 Å². The number of carbonyl (C=O) groups is 1. The van der Waals surface area contributed by atoms with Gasteiger partial charge in [0.2, 0.25) is 5.91 Å². The second-order valence-corrected chi connectivity index (χ2v) is 24.0. The van der Waals surface area contributed by atoms with Crippen LogP contribution in [-0.4, -0.2) is 21.1 Å². The molecule has 2 aromatic carbocycles. The fraction of sp³-hybridized carbons (Fsp3) is 0.318. The standard InChI is InChI=1S/C22H27NOSi2/c1-13-10-15-8-7-9-16(18(15)11-13)20-14(2)17(22(23)24)12-19-21(20)26(5,6)25(19,3)4/h7-9,11-12H,10H2,1-6H3,(H2,23,24). The van der Waals surface area contributed by atoms with Crippen molar-refractivity contribution < 1.29 is 4.79 Å². The lowest BCUT2D eigenvalue weighted by atomic mass is 9.91. The number of fused-ring (bicyclic) bond motifs is 2. The van der Waals surface area contributed by atoms with Crippen LogP contribution >= 0.6 is 0 Å². The highest BCUT2D eigenvalue weighted by molar-refractivity contribution is 7.57. The molecule has 4 rings (SSSR count). The minimum absolute atomic E-state index is 0.304. The summed E-state index contributed by atoms with van der Waals surface area (Å²) in [6, 6.07) is 8.76. The smallest absolute Gasteiger partial charge is 0.248 e. The van der Waals surface area contributed by atoms with Crippen LogP contribution in [0.3, 0.4) is 0 Å². The van der Waals surface area contributed by atoms with Crippen molar-refractivity contribution in [1.82, 2.24) is 0 Å². The highest BCUT2D eigenvalue weighted by Gasteiger charge is 2.56. The maximum atomic E-state index is 12.2. The number of allylic oxidation sites excluding steroid dienone is 1. The fourth-order valence-electron chi connectivity index (χ4n) is 4.86. The summed E-state index contributed by atoms with van der Waals surface area (Å²) in [6.45, 7) is 14.2. The van der Waals surface area contributed by atoms with E-state index < -0.39 is 15.2 Å². The van der Waals surface area contributed by atoms with Crippen molar-refractivity contribution in [3.05, 3.63) is 52.1 Å². The molecule has 0 radical (unpaired) electrons. The molecule has 0 unspecified atom stereocenters. The van der Waals surface area contributed by atoms with Gasteiger partial charge in [-0.3, -0.25) is 4.79 Å². The molecule has 0 atom stereocenters. The molecular formula is C22H27NOSi2. The van der Waals surface area contributed by atoms with Gasteiger partial charge in [0.25, 0.3) is 0 Å². The number of benzene rings is 2. The van der Waals surface area contributed by atoms with Gasteiger partial charge in [0, 0.05) is 5.56 Å². The largest absolute Gasteiger partial charge is 0.366 e. The Bertz CT molecular complexity index is 1020. The zero-order valence-electron chi connectivity index (χ0n) is 16.6. The van der Waals surface area contributed by atoms with Crippen LogP contribution in [0.2, 0.25) is 26.2 Å². The highest BCUT2D eigenvalue weighted by Crippen LogP contribution is 2.39. The van der Waals surface area contributed by atoms with Gasteiger partial charge in [0.15, 0.2) is 0 Å². The molecule has 4 heteroatoms. The van der Waals surface area contributed by atoms with Gasteiger partial charge in [0.1, 0.15) is 0 Å². The summed E-state index contributed by atoms with van der Waals surface area (Å²) >= 11 is 0. The first-order valence-electron chi connectivity index (χ1n) is 9.35. The third-order valence-corrected chi connectivity index (χ3v) is 24.9. The first-order valence-corrected chi connectivity index (χ1v) is 16.3. The van der Waals surface area contributed by atoms with E-state index in [1.165, 1.54) is 33.0 Å². The van der Waals surface area contributed by atoms with Crippen LogP contribution < -0.4 is 16.1 Å². The summed E-state index contributed by atoms with van der Waals surface area (Å²) in [5.74, 6) is -0.304. The van der Waals surface area contributed by atoms with E-state index in [1.807, 2.05) is 0 Å². The Morgan fingerprint density at radius 3 is 2.42 bits per heavy atom. The number of carbonyl (C=O) groups excluding carboxylic acids is 1. The summed E-state index contributed by atoms with van der Waals surface area (Å²) in [5, 5.41) is 3.03. The molecule has 2 aliphatic rings. The van der Waals surface area contributed by atoms with Crippen LogP contribution in [0.1, 0.15) is 34.0 Å². The van der Waals surface area contributed by atoms with Crippen molar-refractivity contribution in [2.45, 2.75) is 46.5 Å². The molecule has 0 aromatic heterocycles. The number of amides is 1. The molecular weight excluding hydrogens is 350 g/mol. The Hall–Kier alpha value is -1.92. The predicted octanol–water partition coefficient (Wildman–Crippen LogP) is 3.64. The Labute approximate surface area is 157 Å². The third-order valence-electron chi connectivity index (χ3n) is 7.04. The quantitative estimate of drug-likeness (QED) is 0.798. The molecule has 1 aliphatic heterocycles. The summed E-state index contributed by atoms with van der Waals surface area (Å²) < 4.78 is 0. The minimum atomic E-state index is -1.50. The van der Waals surface area contributed by atoms with E-state index >= 15 is 0 Å². The van der Waals surface area contributed by atoms with Gasteiger partial charge < -0.3 is 5.73 Å². The zero-order valence-corrected chi connectivity index (χ0v) is 18.6. The molecule has 1 amide bonds. The van der Waals surface area contributed by atoms with Crippen molar-refractivity contribution >= 4 is 37.5 Å².